The first-order valence-corrected chi connectivity index (χ1v) is 5.43. The summed E-state index contributed by atoms with van der Waals surface area (Å²) in [5, 5.41) is 2.52. The van der Waals surface area contributed by atoms with E-state index in [-0.39, 0.29) is 11.6 Å². The van der Waals surface area contributed by atoms with Gasteiger partial charge < -0.3 is 21.7 Å². The normalized spacial score (nSPS) is 9.89. The van der Waals surface area contributed by atoms with Gasteiger partial charge in [-0.25, -0.2) is 4.98 Å². The predicted molar refractivity (Wildman–Crippen MR) is 69.1 cm³/mol. The fraction of sp³-hybridized carbons (Fsp3) is 0.364. The van der Waals surface area contributed by atoms with Gasteiger partial charge in [-0.1, -0.05) is 0 Å². The van der Waals surface area contributed by atoms with Gasteiger partial charge in [0.05, 0.1) is 5.69 Å². The van der Waals surface area contributed by atoms with Crippen LogP contribution in [0.1, 0.15) is 16.9 Å². The lowest BCUT2D eigenvalue weighted by atomic mass is 10.3. The van der Waals surface area contributed by atoms with E-state index in [1.807, 2.05) is 0 Å². The van der Waals surface area contributed by atoms with E-state index in [0.717, 1.165) is 0 Å². The number of nitrogens with two attached hydrogens (primary N) is 2. The van der Waals surface area contributed by atoms with Crippen LogP contribution in [-0.4, -0.2) is 37.4 Å². The number of nitrogens with one attached hydrogen (secondary N) is 1. The Hall–Kier alpha value is -2.31. The molecule has 0 unspecified atom stereocenters. The van der Waals surface area contributed by atoms with E-state index in [0.29, 0.717) is 24.5 Å². The summed E-state index contributed by atoms with van der Waals surface area (Å²) in [5.74, 6) is -0.252. The molecule has 1 aromatic rings. The minimum Gasteiger partial charge on any atom is -0.396 e. The molecule has 0 aliphatic heterocycles. The van der Waals surface area contributed by atoms with Crippen LogP contribution >= 0.6 is 0 Å². The summed E-state index contributed by atoms with van der Waals surface area (Å²) in [6.07, 6.45) is 0.314. The number of primary amides is 1. The van der Waals surface area contributed by atoms with E-state index in [1.165, 1.54) is 6.07 Å². The van der Waals surface area contributed by atoms with Gasteiger partial charge in [-0.3, -0.25) is 9.59 Å². The molecular formula is C11H17N5O2. The molecule has 0 saturated heterocycles. The van der Waals surface area contributed by atoms with E-state index < -0.39 is 5.91 Å². The van der Waals surface area contributed by atoms with Crippen molar-refractivity contribution < 1.29 is 9.59 Å². The molecule has 0 saturated carbocycles. The largest absolute Gasteiger partial charge is 0.396 e. The molecule has 0 aromatic carbocycles. The zero-order valence-electron chi connectivity index (χ0n) is 10.4. The second-order valence-electron chi connectivity index (χ2n) is 3.82. The first-order valence-electron chi connectivity index (χ1n) is 5.43. The van der Waals surface area contributed by atoms with Gasteiger partial charge in [-0.05, 0) is 12.1 Å². The Kier molecular flexibility index (Phi) is 4.47. The van der Waals surface area contributed by atoms with Crippen molar-refractivity contribution in [2.75, 3.05) is 31.3 Å². The number of pyridine rings is 1. The van der Waals surface area contributed by atoms with Gasteiger partial charge in [0, 0.05) is 27.1 Å². The first-order chi connectivity index (χ1) is 8.45. The number of carbonyl (C=O) groups is 2. The predicted octanol–water partition coefficient (Wildman–Crippen LogP) is -0.665. The highest BCUT2D eigenvalue weighted by atomic mass is 16.1. The lowest BCUT2D eigenvalue weighted by Gasteiger charge is -2.19. The number of hydrogen-bond donors (Lipinski definition) is 3. The van der Waals surface area contributed by atoms with E-state index in [2.05, 4.69) is 10.3 Å². The Morgan fingerprint density at radius 3 is 2.67 bits per heavy atom. The minimum atomic E-state index is -0.615. The van der Waals surface area contributed by atoms with Crippen molar-refractivity contribution in [2.45, 2.75) is 6.42 Å². The lowest BCUT2D eigenvalue weighted by molar-refractivity contribution is -0.120. The van der Waals surface area contributed by atoms with Crippen molar-refractivity contribution in [1.29, 1.82) is 0 Å². The summed E-state index contributed by atoms with van der Waals surface area (Å²) in [6, 6.07) is 3.03. The van der Waals surface area contributed by atoms with E-state index in [4.69, 9.17) is 11.5 Å². The van der Waals surface area contributed by atoms with Gasteiger partial charge in [-0.15, -0.1) is 0 Å². The van der Waals surface area contributed by atoms with Gasteiger partial charge in [0.15, 0.2) is 5.82 Å². The molecular weight excluding hydrogens is 234 g/mol. The number of anilines is 2. The van der Waals surface area contributed by atoms with Crippen LogP contribution in [0, 0.1) is 0 Å². The number of carbonyl (C=O) groups excluding carboxylic acids is 2. The number of hydrogen-bond acceptors (Lipinski definition) is 5. The van der Waals surface area contributed by atoms with Gasteiger partial charge >= 0.3 is 0 Å². The maximum Gasteiger partial charge on any atom is 0.267 e. The fourth-order valence-electron chi connectivity index (χ4n) is 1.40. The molecule has 5 N–H and O–H groups in total. The maximum absolute atomic E-state index is 11.1. The van der Waals surface area contributed by atoms with Crippen molar-refractivity contribution in [1.82, 2.24) is 10.3 Å². The zero-order chi connectivity index (χ0) is 13.7. The molecule has 0 atom stereocenters. The minimum absolute atomic E-state index is 0.0773. The monoisotopic (exact) mass is 251 g/mol. The smallest absolute Gasteiger partial charge is 0.267 e. The van der Waals surface area contributed by atoms with E-state index >= 15 is 0 Å². The highest BCUT2D eigenvalue weighted by Gasteiger charge is 2.12. The van der Waals surface area contributed by atoms with Crippen molar-refractivity contribution in [2.24, 2.45) is 5.73 Å². The summed E-state index contributed by atoms with van der Waals surface area (Å²) in [4.78, 5) is 28.0. The topological polar surface area (TPSA) is 114 Å². The molecule has 98 valence electrons. The molecule has 1 rings (SSSR count). The second kappa shape index (κ2) is 5.85. The molecule has 0 fully saturated rings. The molecule has 1 aromatic heterocycles. The molecule has 2 amide bonds. The molecule has 18 heavy (non-hydrogen) atoms. The average Bonchev–Trinajstić information content (AvgIpc) is 2.35. The highest BCUT2D eigenvalue weighted by Crippen LogP contribution is 2.19. The van der Waals surface area contributed by atoms with Gasteiger partial charge in [-0.2, -0.15) is 0 Å². The van der Waals surface area contributed by atoms with Gasteiger partial charge in [0.1, 0.15) is 5.69 Å². The third-order valence-corrected chi connectivity index (χ3v) is 2.47. The summed E-state index contributed by atoms with van der Waals surface area (Å²) in [5.41, 5.74) is 11.5. The number of nitrogen functional groups attached to an aromatic ring is 1. The Morgan fingerprint density at radius 1 is 1.44 bits per heavy atom. The van der Waals surface area contributed by atoms with Gasteiger partial charge in [0.2, 0.25) is 5.91 Å². The first kappa shape index (κ1) is 13.8. The highest BCUT2D eigenvalue weighted by molar-refractivity contribution is 5.91. The van der Waals surface area contributed by atoms with Crippen LogP contribution in [0.4, 0.5) is 11.5 Å². The Morgan fingerprint density at radius 2 is 2.11 bits per heavy atom. The van der Waals surface area contributed by atoms with Crippen molar-refractivity contribution in [3.8, 4) is 0 Å². The van der Waals surface area contributed by atoms with Gasteiger partial charge in [0.25, 0.3) is 5.91 Å². The number of rotatable bonds is 5. The van der Waals surface area contributed by atoms with Crippen molar-refractivity contribution in [3.63, 3.8) is 0 Å². The number of nitrogens with zero attached hydrogens (tertiary/aromatic N) is 2. The van der Waals surface area contributed by atoms with Crippen LogP contribution in [0.5, 0.6) is 0 Å². The Labute approximate surface area is 105 Å². The Bertz CT molecular complexity index is 461. The zero-order valence-corrected chi connectivity index (χ0v) is 10.4. The SMILES string of the molecule is CNC(=O)CCN(C)c1nc(C(N)=O)ccc1N. The Balaban J connectivity index is 2.84. The van der Waals surface area contributed by atoms with Crippen LogP contribution in [0.3, 0.4) is 0 Å². The quantitative estimate of drug-likeness (QED) is 0.642. The molecule has 0 aliphatic carbocycles. The van der Waals surface area contributed by atoms with Crippen molar-refractivity contribution in [3.05, 3.63) is 17.8 Å². The number of aromatic nitrogens is 1. The molecule has 0 radical (unpaired) electrons. The molecule has 0 bridgehead atoms. The van der Waals surface area contributed by atoms with E-state index in [9.17, 15) is 9.59 Å². The molecule has 7 nitrogen and oxygen atoms in total. The van der Waals surface area contributed by atoms with Crippen LogP contribution in [-0.2, 0) is 4.79 Å². The standard InChI is InChI=1S/C11H17N5O2/c1-14-9(17)5-6-16(2)11-7(12)3-4-8(15-11)10(13)18/h3-4H,5-6,12H2,1-2H3,(H2,13,18)(H,14,17). The number of amides is 2. The van der Waals surface area contributed by atoms with Crippen LogP contribution in [0.15, 0.2) is 12.1 Å². The fourth-order valence-corrected chi connectivity index (χ4v) is 1.40. The van der Waals surface area contributed by atoms with Crippen LogP contribution < -0.4 is 21.7 Å². The molecule has 7 heteroatoms. The second-order valence-corrected chi connectivity index (χ2v) is 3.82. The molecule has 0 aliphatic rings. The van der Waals surface area contributed by atoms with Crippen LogP contribution in [0.2, 0.25) is 0 Å². The summed E-state index contributed by atoms with van der Waals surface area (Å²) < 4.78 is 0. The van der Waals surface area contributed by atoms with E-state index in [1.54, 1.807) is 25.1 Å². The third-order valence-electron chi connectivity index (χ3n) is 2.47. The molecule has 1 heterocycles. The summed E-state index contributed by atoms with van der Waals surface area (Å²) in [6.45, 7) is 0.444. The lowest BCUT2D eigenvalue weighted by Crippen LogP contribution is -2.28. The van der Waals surface area contributed by atoms with Crippen LogP contribution in [0.25, 0.3) is 0 Å². The molecule has 0 spiro atoms. The average molecular weight is 251 g/mol. The van der Waals surface area contributed by atoms with Crippen molar-refractivity contribution >= 4 is 23.3 Å². The summed E-state index contributed by atoms with van der Waals surface area (Å²) >= 11 is 0. The maximum atomic E-state index is 11.1. The summed E-state index contributed by atoms with van der Waals surface area (Å²) in [7, 11) is 3.31. The third kappa shape index (κ3) is 3.34.